The zero-order valence-electron chi connectivity index (χ0n) is 10.5. The van der Waals surface area contributed by atoms with E-state index < -0.39 is 17.8 Å². The predicted molar refractivity (Wildman–Crippen MR) is 67.2 cm³/mol. The van der Waals surface area contributed by atoms with Crippen LogP contribution in [0.4, 0.5) is 0 Å². The Morgan fingerprint density at radius 3 is 2.16 bits per heavy atom. The number of nitrogens with one attached hydrogen (secondary N) is 1. The van der Waals surface area contributed by atoms with Crippen molar-refractivity contribution in [3.8, 4) is 5.75 Å². The van der Waals surface area contributed by atoms with Crippen LogP contribution in [-0.4, -0.2) is 23.0 Å². The molecule has 0 saturated heterocycles. The maximum Gasteiger partial charge on any atom is 0.352 e. The smallest absolute Gasteiger partial charge is 0.352 e. The highest BCUT2D eigenvalue weighted by Crippen LogP contribution is 2.14. The molecular weight excluding hydrogens is 250 g/mol. The molecule has 0 aliphatic rings. The van der Waals surface area contributed by atoms with E-state index in [4.69, 9.17) is 9.84 Å². The van der Waals surface area contributed by atoms with Crippen LogP contribution in [0, 0.1) is 0 Å². The summed E-state index contributed by atoms with van der Waals surface area (Å²) >= 11 is 0. The highest BCUT2D eigenvalue weighted by Gasteiger charge is 2.08. The van der Waals surface area contributed by atoms with E-state index in [1.54, 1.807) is 12.1 Å². The fourth-order valence-electron chi connectivity index (χ4n) is 1.31. The van der Waals surface area contributed by atoms with Gasteiger partial charge in [0.1, 0.15) is 11.4 Å². The van der Waals surface area contributed by atoms with E-state index in [0.717, 1.165) is 0 Å². The van der Waals surface area contributed by atoms with E-state index in [9.17, 15) is 14.4 Å². The average Bonchev–Trinajstić information content (AvgIpc) is 2.29. The molecule has 19 heavy (non-hydrogen) atoms. The normalized spacial score (nSPS) is 10.7. The number of hydrogen-bond acceptors (Lipinski definition) is 4. The van der Waals surface area contributed by atoms with Gasteiger partial charge in [0.15, 0.2) is 0 Å². The monoisotopic (exact) mass is 263 g/mol. The van der Waals surface area contributed by atoms with Gasteiger partial charge >= 0.3 is 11.9 Å². The summed E-state index contributed by atoms with van der Waals surface area (Å²) < 4.78 is 4.84. The molecule has 0 fully saturated rings. The predicted octanol–water partition coefficient (Wildman–Crippen LogP) is 1.17. The quantitative estimate of drug-likeness (QED) is 0.483. The van der Waals surface area contributed by atoms with Crippen LogP contribution in [0.3, 0.4) is 0 Å². The summed E-state index contributed by atoms with van der Waals surface area (Å²) in [6.07, 6.45) is 1.31. The standard InChI is InChI=1S/C13H13NO5/c1-8(15)14-12(13(17)18)7-10-3-5-11(6-4-10)19-9(2)16/h3-7H,1-2H3,(H,14,15)(H,17,18)/b12-7-. The molecule has 0 aliphatic heterocycles. The van der Waals surface area contributed by atoms with E-state index in [0.29, 0.717) is 11.3 Å². The van der Waals surface area contributed by atoms with Gasteiger partial charge in [-0.2, -0.15) is 0 Å². The molecule has 6 heteroatoms. The number of carbonyl (C=O) groups excluding carboxylic acids is 2. The van der Waals surface area contributed by atoms with Gasteiger partial charge in [0.05, 0.1) is 0 Å². The van der Waals surface area contributed by atoms with Crippen molar-refractivity contribution in [1.29, 1.82) is 0 Å². The Balaban J connectivity index is 2.92. The molecule has 0 radical (unpaired) electrons. The van der Waals surface area contributed by atoms with Crippen molar-refractivity contribution in [2.75, 3.05) is 0 Å². The summed E-state index contributed by atoms with van der Waals surface area (Å²) in [4.78, 5) is 32.5. The highest BCUT2D eigenvalue weighted by atomic mass is 16.5. The van der Waals surface area contributed by atoms with Crippen molar-refractivity contribution in [3.63, 3.8) is 0 Å². The fourth-order valence-corrected chi connectivity index (χ4v) is 1.31. The van der Waals surface area contributed by atoms with Gasteiger partial charge in [-0.1, -0.05) is 12.1 Å². The van der Waals surface area contributed by atoms with Crippen LogP contribution >= 0.6 is 0 Å². The molecule has 0 atom stereocenters. The Kier molecular flexibility index (Phi) is 4.82. The van der Waals surface area contributed by atoms with Gasteiger partial charge in [-0.3, -0.25) is 9.59 Å². The van der Waals surface area contributed by atoms with Crippen molar-refractivity contribution >= 4 is 23.9 Å². The number of carboxylic acids is 1. The second kappa shape index (κ2) is 6.34. The number of carboxylic acid groups (broad SMARTS) is 1. The van der Waals surface area contributed by atoms with Crippen molar-refractivity contribution in [2.24, 2.45) is 0 Å². The number of hydrogen-bond donors (Lipinski definition) is 2. The third-order valence-corrected chi connectivity index (χ3v) is 1.99. The van der Waals surface area contributed by atoms with Crippen molar-refractivity contribution in [1.82, 2.24) is 5.32 Å². The minimum Gasteiger partial charge on any atom is -0.477 e. The van der Waals surface area contributed by atoms with Crippen LogP contribution in [0.2, 0.25) is 0 Å². The number of amides is 1. The van der Waals surface area contributed by atoms with E-state index in [-0.39, 0.29) is 5.70 Å². The lowest BCUT2D eigenvalue weighted by molar-refractivity contribution is -0.134. The van der Waals surface area contributed by atoms with Gasteiger partial charge in [-0.05, 0) is 23.8 Å². The summed E-state index contributed by atoms with van der Waals surface area (Å²) in [5, 5.41) is 11.1. The zero-order chi connectivity index (χ0) is 14.4. The fraction of sp³-hybridized carbons (Fsp3) is 0.154. The van der Waals surface area contributed by atoms with E-state index in [1.165, 1.54) is 32.1 Å². The summed E-state index contributed by atoms with van der Waals surface area (Å²) in [5.74, 6) is -1.78. The highest BCUT2D eigenvalue weighted by molar-refractivity contribution is 5.96. The topological polar surface area (TPSA) is 92.7 Å². The van der Waals surface area contributed by atoms with Gasteiger partial charge in [-0.25, -0.2) is 4.79 Å². The van der Waals surface area contributed by atoms with Crippen LogP contribution in [0.25, 0.3) is 6.08 Å². The average molecular weight is 263 g/mol. The summed E-state index contributed by atoms with van der Waals surface area (Å²) in [6, 6.07) is 6.20. The van der Waals surface area contributed by atoms with Crippen LogP contribution in [-0.2, 0) is 14.4 Å². The number of esters is 1. The van der Waals surface area contributed by atoms with Gasteiger partial charge in [0.2, 0.25) is 5.91 Å². The molecule has 0 heterocycles. The maximum atomic E-state index is 10.9. The molecule has 0 bridgehead atoms. The molecule has 0 aromatic heterocycles. The number of rotatable bonds is 4. The first-order chi connectivity index (χ1) is 8.88. The third-order valence-electron chi connectivity index (χ3n) is 1.99. The number of carbonyl (C=O) groups is 3. The molecule has 0 saturated carbocycles. The SMILES string of the molecule is CC(=O)N/C(=C\c1ccc(OC(C)=O)cc1)C(=O)O. The molecule has 0 unspecified atom stereocenters. The Morgan fingerprint density at radius 2 is 1.74 bits per heavy atom. The summed E-state index contributed by atoms with van der Waals surface area (Å²) in [7, 11) is 0. The molecule has 6 nitrogen and oxygen atoms in total. The van der Waals surface area contributed by atoms with Gasteiger partial charge in [0.25, 0.3) is 0 Å². The number of benzene rings is 1. The lowest BCUT2D eigenvalue weighted by Crippen LogP contribution is -2.24. The summed E-state index contributed by atoms with van der Waals surface area (Å²) in [5.41, 5.74) is 0.329. The second-order valence-corrected chi connectivity index (χ2v) is 3.71. The Morgan fingerprint density at radius 1 is 1.16 bits per heavy atom. The molecule has 1 rings (SSSR count). The first kappa shape index (κ1) is 14.4. The lowest BCUT2D eigenvalue weighted by atomic mass is 10.2. The van der Waals surface area contributed by atoms with Gasteiger partial charge < -0.3 is 15.2 Å². The van der Waals surface area contributed by atoms with Crippen molar-refractivity contribution in [3.05, 3.63) is 35.5 Å². The molecule has 2 N–H and O–H groups in total. The van der Waals surface area contributed by atoms with E-state index in [2.05, 4.69) is 5.32 Å². The zero-order valence-corrected chi connectivity index (χ0v) is 10.5. The molecular formula is C13H13NO5. The Bertz CT molecular complexity index is 530. The van der Waals surface area contributed by atoms with Crippen LogP contribution in [0.1, 0.15) is 19.4 Å². The van der Waals surface area contributed by atoms with Crippen LogP contribution in [0.5, 0.6) is 5.75 Å². The van der Waals surface area contributed by atoms with Crippen LogP contribution < -0.4 is 10.1 Å². The Hall–Kier alpha value is -2.63. The van der Waals surface area contributed by atoms with Crippen molar-refractivity contribution in [2.45, 2.75) is 13.8 Å². The second-order valence-electron chi connectivity index (χ2n) is 3.71. The molecule has 1 amide bonds. The van der Waals surface area contributed by atoms with Crippen molar-refractivity contribution < 1.29 is 24.2 Å². The summed E-state index contributed by atoms with van der Waals surface area (Å²) in [6.45, 7) is 2.51. The largest absolute Gasteiger partial charge is 0.477 e. The first-order valence-corrected chi connectivity index (χ1v) is 5.39. The van der Waals surface area contributed by atoms with Gasteiger partial charge in [-0.15, -0.1) is 0 Å². The lowest BCUT2D eigenvalue weighted by Gasteiger charge is -2.04. The first-order valence-electron chi connectivity index (χ1n) is 5.39. The molecule has 0 spiro atoms. The molecule has 100 valence electrons. The number of ether oxygens (including phenoxy) is 1. The van der Waals surface area contributed by atoms with Gasteiger partial charge in [0, 0.05) is 13.8 Å². The molecule has 1 aromatic rings. The number of aliphatic carboxylic acids is 1. The minimum absolute atomic E-state index is 0.229. The molecule has 1 aromatic carbocycles. The van der Waals surface area contributed by atoms with E-state index in [1.807, 2.05) is 0 Å². The Labute approximate surface area is 109 Å². The van der Waals surface area contributed by atoms with E-state index >= 15 is 0 Å². The van der Waals surface area contributed by atoms with Crippen LogP contribution in [0.15, 0.2) is 30.0 Å². The molecule has 0 aliphatic carbocycles. The third kappa shape index (κ3) is 5.03. The minimum atomic E-state index is -1.24. The maximum absolute atomic E-state index is 10.9.